The fourth-order valence-corrected chi connectivity index (χ4v) is 1.95. The number of furan rings is 1. The second kappa shape index (κ2) is 7.42. The smallest absolute Gasteiger partial charge is 0.287 e. The molecule has 0 saturated carbocycles. The van der Waals surface area contributed by atoms with E-state index in [4.69, 9.17) is 9.15 Å². The number of methoxy groups -OCH3 is 1. The Morgan fingerprint density at radius 1 is 1.23 bits per heavy atom. The van der Waals surface area contributed by atoms with Gasteiger partial charge in [-0.2, -0.15) is 0 Å². The first-order chi connectivity index (χ1) is 10.6. The number of amides is 2. The van der Waals surface area contributed by atoms with E-state index in [0.29, 0.717) is 24.6 Å². The summed E-state index contributed by atoms with van der Waals surface area (Å²) in [6.45, 7) is 2.11. The van der Waals surface area contributed by atoms with E-state index in [1.807, 2.05) is 12.1 Å². The maximum atomic E-state index is 12.0. The lowest BCUT2D eigenvalue weighted by atomic mass is 10.2. The van der Waals surface area contributed by atoms with Crippen molar-refractivity contribution in [2.24, 2.45) is 0 Å². The molecule has 116 valence electrons. The third-order valence-electron chi connectivity index (χ3n) is 2.87. The number of carbonyl (C=O) groups is 2. The van der Waals surface area contributed by atoms with Crippen molar-refractivity contribution < 1.29 is 18.7 Å². The van der Waals surface area contributed by atoms with Gasteiger partial charge in [0.25, 0.3) is 5.91 Å². The molecule has 0 aliphatic carbocycles. The lowest BCUT2D eigenvalue weighted by Gasteiger charge is -2.06. The molecule has 0 radical (unpaired) electrons. The summed E-state index contributed by atoms with van der Waals surface area (Å²) in [6, 6.07) is 10.6. The number of hydrogen-bond donors (Lipinski definition) is 2. The normalized spacial score (nSPS) is 10.3. The summed E-state index contributed by atoms with van der Waals surface area (Å²) >= 11 is 0. The molecule has 2 amide bonds. The van der Waals surface area contributed by atoms with Gasteiger partial charge in [0.15, 0.2) is 5.76 Å². The Bertz CT molecular complexity index is 664. The Morgan fingerprint density at radius 3 is 2.77 bits per heavy atom. The van der Waals surface area contributed by atoms with E-state index >= 15 is 0 Å². The van der Waals surface area contributed by atoms with Crippen molar-refractivity contribution in [3.63, 3.8) is 0 Å². The van der Waals surface area contributed by atoms with Crippen LogP contribution in [-0.4, -0.2) is 18.9 Å². The molecule has 0 fully saturated rings. The van der Waals surface area contributed by atoms with Crippen LogP contribution in [0.25, 0.3) is 0 Å². The number of rotatable bonds is 6. The highest BCUT2D eigenvalue weighted by Gasteiger charge is 2.10. The largest absolute Gasteiger partial charge is 0.453 e. The second-order valence-electron chi connectivity index (χ2n) is 4.76. The zero-order valence-corrected chi connectivity index (χ0v) is 12.5. The molecule has 0 bridgehead atoms. The Labute approximate surface area is 128 Å². The molecule has 22 heavy (non-hydrogen) atoms. The molecule has 2 N–H and O–H groups in total. The van der Waals surface area contributed by atoms with Crippen LogP contribution in [0.15, 0.2) is 40.8 Å². The van der Waals surface area contributed by atoms with Crippen LogP contribution in [0.2, 0.25) is 0 Å². The SMILES string of the molecule is COCc1ccc(C(=O)NCc2cccc(NC(C)=O)c2)o1. The summed E-state index contributed by atoms with van der Waals surface area (Å²) in [4.78, 5) is 23.0. The maximum Gasteiger partial charge on any atom is 0.287 e. The van der Waals surface area contributed by atoms with E-state index in [-0.39, 0.29) is 17.6 Å². The quantitative estimate of drug-likeness (QED) is 0.858. The van der Waals surface area contributed by atoms with Crippen LogP contribution in [0.1, 0.15) is 28.8 Å². The third-order valence-corrected chi connectivity index (χ3v) is 2.87. The second-order valence-corrected chi connectivity index (χ2v) is 4.76. The highest BCUT2D eigenvalue weighted by atomic mass is 16.5. The molecular formula is C16H18N2O4. The van der Waals surface area contributed by atoms with Crippen LogP contribution in [0.5, 0.6) is 0 Å². The number of ether oxygens (including phenoxy) is 1. The van der Waals surface area contributed by atoms with Gasteiger partial charge in [-0.15, -0.1) is 0 Å². The van der Waals surface area contributed by atoms with Crippen LogP contribution in [0.3, 0.4) is 0 Å². The van der Waals surface area contributed by atoms with Gasteiger partial charge in [0.2, 0.25) is 5.91 Å². The molecule has 0 saturated heterocycles. The molecule has 1 aromatic heterocycles. The number of anilines is 1. The average molecular weight is 302 g/mol. The Balaban J connectivity index is 1.94. The van der Waals surface area contributed by atoms with Gasteiger partial charge in [-0.05, 0) is 29.8 Å². The Morgan fingerprint density at radius 2 is 2.05 bits per heavy atom. The minimum atomic E-state index is -0.299. The summed E-state index contributed by atoms with van der Waals surface area (Å²) in [7, 11) is 1.56. The molecule has 0 aliphatic rings. The predicted octanol–water partition coefficient (Wildman–Crippen LogP) is 2.31. The average Bonchev–Trinajstić information content (AvgIpc) is 2.94. The van der Waals surface area contributed by atoms with Gasteiger partial charge in [-0.1, -0.05) is 12.1 Å². The first kappa shape index (κ1) is 15.8. The number of carbonyl (C=O) groups excluding carboxylic acids is 2. The number of nitrogens with one attached hydrogen (secondary N) is 2. The fraction of sp³-hybridized carbons (Fsp3) is 0.250. The van der Waals surface area contributed by atoms with Gasteiger partial charge in [0.1, 0.15) is 12.4 Å². The van der Waals surface area contributed by atoms with Crippen molar-refractivity contribution in [3.05, 3.63) is 53.5 Å². The lowest BCUT2D eigenvalue weighted by molar-refractivity contribution is -0.114. The molecule has 0 atom stereocenters. The van der Waals surface area contributed by atoms with E-state index in [1.54, 1.807) is 31.4 Å². The van der Waals surface area contributed by atoms with Crippen LogP contribution in [-0.2, 0) is 22.7 Å². The van der Waals surface area contributed by atoms with Crippen molar-refractivity contribution in [1.82, 2.24) is 5.32 Å². The van der Waals surface area contributed by atoms with Crippen LogP contribution >= 0.6 is 0 Å². The molecule has 0 spiro atoms. The molecule has 0 unspecified atom stereocenters. The lowest BCUT2D eigenvalue weighted by Crippen LogP contribution is -2.22. The van der Waals surface area contributed by atoms with Crippen molar-refractivity contribution in [2.45, 2.75) is 20.1 Å². The molecule has 1 heterocycles. The van der Waals surface area contributed by atoms with Crippen molar-refractivity contribution in [2.75, 3.05) is 12.4 Å². The minimum absolute atomic E-state index is 0.137. The highest BCUT2D eigenvalue weighted by Crippen LogP contribution is 2.12. The van der Waals surface area contributed by atoms with E-state index in [1.165, 1.54) is 6.92 Å². The van der Waals surface area contributed by atoms with Gasteiger partial charge in [-0.3, -0.25) is 9.59 Å². The van der Waals surface area contributed by atoms with Crippen LogP contribution in [0.4, 0.5) is 5.69 Å². The molecule has 6 nitrogen and oxygen atoms in total. The third kappa shape index (κ3) is 4.46. The van der Waals surface area contributed by atoms with E-state index < -0.39 is 0 Å². The molecule has 1 aromatic carbocycles. The predicted molar refractivity (Wildman–Crippen MR) is 81.3 cm³/mol. The molecule has 2 aromatic rings. The highest BCUT2D eigenvalue weighted by molar-refractivity contribution is 5.91. The summed E-state index contributed by atoms with van der Waals surface area (Å²) in [5.74, 6) is 0.403. The summed E-state index contributed by atoms with van der Waals surface area (Å²) in [5, 5.41) is 5.46. The van der Waals surface area contributed by atoms with E-state index in [9.17, 15) is 9.59 Å². The molecule has 0 aliphatic heterocycles. The first-order valence-electron chi connectivity index (χ1n) is 6.81. The van der Waals surface area contributed by atoms with E-state index in [2.05, 4.69) is 10.6 Å². The van der Waals surface area contributed by atoms with Gasteiger partial charge in [0, 0.05) is 26.3 Å². The van der Waals surface area contributed by atoms with Crippen molar-refractivity contribution in [1.29, 1.82) is 0 Å². The number of benzene rings is 1. The first-order valence-corrected chi connectivity index (χ1v) is 6.81. The standard InChI is InChI=1S/C16H18N2O4/c1-11(19)18-13-5-3-4-12(8-13)9-17-16(20)15-7-6-14(22-15)10-21-2/h3-8H,9-10H2,1-2H3,(H,17,20)(H,18,19). The molecule has 6 heteroatoms. The monoisotopic (exact) mass is 302 g/mol. The van der Waals surface area contributed by atoms with Crippen molar-refractivity contribution in [3.8, 4) is 0 Å². The summed E-state index contributed by atoms with van der Waals surface area (Å²) in [5.41, 5.74) is 1.57. The van der Waals surface area contributed by atoms with E-state index in [0.717, 1.165) is 5.56 Å². The maximum absolute atomic E-state index is 12.0. The summed E-state index contributed by atoms with van der Waals surface area (Å²) in [6.07, 6.45) is 0. The fourth-order valence-electron chi connectivity index (χ4n) is 1.95. The molecule has 2 rings (SSSR count). The minimum Gasteiger partial charge on any atom is -0.453 e. The molecular weight excluding hydrogens is 284 g/mol. The Kier molecular flexibility index (Phi) is 5.32. The zero-order chi connectivity index (χ0) is 15.9. The van der Waals surface area contributed by atoms with Crippen LogP contribution in [0, 0.1) is 0 Å². The Hall–Kier alpha value is -2.60. The zero-order valence-electron chi connectivity index (χ0n) is 12.5. The van der Waals surface area contributed by atoms with Crippen LogP contribution < -0.4 is 10.6 Å². The van der Waals surface area contributed by atoms with Gasteiger partial charge in [0.05, 0.1) is 0 Å². The van der Waals surface area contributed by atoms with Gasteiger partial charge >= 0.3 is 0 Å². The number of hydrogen-bond acceptors (Lipinski definition) is 4. The van der Waals surface area contributed by atoms with Gasteiger partial charge < -0.3 is 19.8 Å². The topological polar surface area (TPSA) is 80.6 Å². The van der Waals surface area contributed by atoms with Gasteiger partial charge in [-0.25, -0.2) is 0 Å². The summed E-state index contributed by atoms with van der Waals surface area (Å²) < 4.78 is 10.3. The van der Waals surface area contributed by atoms with Crippen molar-refractivity contribution >= 4 is 17.5 Å².